The number of piperidine rings is 1. The highest BCUT2D eigenvalue weighted by molar-refractivity contribution is 5.92. The van der Waals surface area contributed by atoms with Crippen LogP contribution in [0.2, 0.25) is 0 Å². The van der Waals surface area contributed by atoms with Gasteiger partial charge in [0.25, 0.3) is 0 Å². The smallest absolute Gasteiger partial charge is 0.323 e. The maximum Gasteiger partial charge on any atom is 0.323 e. The van der Waals surface area contributed by atoms with Gasteiger partial charge in [-0.05, 0) is 37.0 Å². The molecule has 2 amide bonds. The van der Waals surface area contributed by atoms with Gasteiger partial charge in [-0.2, -0.15) is 10.4 Å². The van der Waals surface area contributed by atoms with E-state index in [0.717, 1.165) is 19.3 Å². The summed E-state index contributed by atoms with van der Waals surface area (Å²) >= 11 is 0. The van der Waals surface area contributed by atoms with Crippen LogP contribution in [0.3, 0.4) is 0 Å². The van der Waals surface area contributed by atoms with Crippen LogP contribution in [0, 0.1) is 24.2 Å². The van der Waals surface area contributed by atoms with E-state index in [-0.39, 0.29) is 12.1 Å². The van der Waals surface area contributed by atoms with Crippen molar-refractivity contribution >= 4 is 11.7 Å². The largest absolute Gasteiger partial charge is 0.423 e. The molecule has 0 radical (unpaired) electrons. The van der Waals surface area contributed by atoms with Gasteiger partial charge in [-0.1, -0.05) is 6.92 Å². The minimum absolute atomic E-state index is 0.131. The lowest BCUT2D eigenvalue weighted by Gasteiger charge is -2.61. The predicted octanol–water partition coefficient (Wildman–Crippen LogP) is 2.98. The monoisotopic (exact) mass is 418 g/mol. The summed E-state index contributed by atoms with van der Waals surface area (Å²) in [6.07, 6.45) is 4.12. The third-order valence-electron chi connectivity index (χ3n) is 6.13. The van der Waals surface area contributed by atoms with Crippen LogP contribution in [0.4, 0.5) is 10.5 Å². The van der Waals surface area contributed by atoms with E-state index in [2.05, 4.69) is 38.6 Å². The Morgan fingerprint density at radius 2 is 2.19 bits per heavy atom. The van der Waals surface area contributed by atoms with Crippen molar-refractivity contribution < 1.29 is 9.21 Å². The Morgan fingerprint density at radius 1 is 1.35 bits per heavy atom. The first-order valence-electron chi connectivity index (χ1n) is 10.2. The summed E-state index contributed by atoms with van der Waals surface area (Å²) in [7, 11) is 1.76. The molecule has 1 aliphatic carbocycles. The number of rotatable bonds is 3. The summed E-state index contributed by atoms with van der Waals surface area (Å²) in [5, 5.41) is 24.9. The number of anilines is 1. The molecule has 1 saturated carbocycles. The molecule has 158 valence electrons. The van der Waals surface area contributed by atoms with Crippen LogP contribution in [0.1, 0.15) is 43.5 Å². The zero-order valence-electron chi connectivity index (χ0n) is 17.5. The maximum atomic E-state index is 13.3. The molecule has 2 aliphatic rings. The van der Waals surface area contributed by atoms with Crippen molar-refractivity contribution in [3.8, 4) is 17.5 Å². The number of nitrogens with one attached hydrogen (secondary N) is 1. The average molecular weight is 418 g/mol. The molecule has 1 saturated heterocycles. The molecule has 3 heterocycles. The van der Waals surface area contributed by atoms with Crippen molar-refractivity contribution in [2.45, 2.75) is 44.7 Å². The van der Waals surface area contributed by atoms with Crippen LogP contribution in [-0.4, -0.2) is 41.9 Å². The molecule has 2 bridgehead atoms. The molecular formula is C21H22N8O2. The molecule has 31 heavy (non-hydrogen) atoms. The van der Waals surface area contributed by atoms with E-state index in [1.54, 1.807) is 43.2 Å². The molecule has 2 unspecified atom stereocenters. The molecule has 3 aromatic rings. The summed E-state index contributed by atoms with van der Waals surface area (Å²) in [6, 6.07) is 7.17. The standard InChI is InChI=1S/C21H22N8O2/c1-12-6-16-9-21(8-12,19-26-25-13(2)31-19)29(16)20(30)24-15-5-4-14(10-22)17(7-15)18-23-11-28(3)27-18/h4-5,7,11-12,16H,6,8-9H2,1-3H3,(H,24,30)/t12-,16?,21?/m1/s1. The normalized spacial score (nSPS) is 24.4. The summed E-state index contributed by atoms with van der Waals surface area (Å²) in [5.74, 6) is 1.89. The van der Waals surface area contributed by atoms with Crippen LogP contribution in [-0.2, 0) is 12.6 Å². The zero-order valence-corrected chi connectivity index (χ0v) is 17.5. The summed E-state index contributed by atoms with van der Waals surface area (Å²) in [5.41, 5.74) is 1.02. The highest BCUT2D eigenvalue weighted by Gasteiger charge is 2.62. The van der Waals surface area contributed by atoms with E-state index in [0.29, 0.717) is 40.3 Å². The van der Waals surface area contributed by atoms with E-state index < -0.39 is 5.54 Å². The fourth-order valence-corrected chi connectivity index (χ4v) is 4.98. The minimum atomic E-state index is -0.564. The topological polar surface area (TPSA) is 126 Å². The molecule has 10 heteroatoms. The minimum Gasteiger partial charge on any atom is -0.423 e. The first-order chi connectivity index (χ1) is 14.9. The molecule has 0 spiro atoms. The molecular weight excluding hydrogens is 396 g/mol. The van der Waals surface area contributed by atoms with Gasteiger partial charge in [-0.15, -0.1) is 10.2 Å². The van der Waals surface area contributed by atoms with Crippen LogP contribution in [0.15, 0.2) is 28.9 Å². The Morgan fingerprint density at radius 3 is 2.87 bits per heavy atom. The number of aromatic nitrogens is 5. The van der Waals surface area contributed by atoms with Crippen molar-refractivity contribution in [2.75, 3.05) is 5.32 Å². The van der Waals surface area contributed by atoms with E-state index >= 15 is 0 Å². The Bertz CT molecular complexity index is 1210. The van der Waals surface area contributed by atoms with Crippen LogP contribution >= 0.6 is 0 Å². The van der Waals surface area contributed by atoms with Crippen molar-refractivity contribution in [1.29, 1.82) is 5.26 Å². The molecule has 5 rings (SSSR count). The van der Waals surface area contributed by atoms with Crippen molar-refractivity contribution in [1.82, 2.24) is 29.9 Å². The molecule has 10 nitrogen and oxygen atoms in total. The number of fused-ring (bicyclic) bond motifs is 2. The average Bonchev–Trinajstić information content (AvgIpc) is 3.35. The number of aryl methyl sites for hydroxylation is 2. The van der Waals surface area contributed by atoms with Crippen LogP contribution < -0.4 is 5.32 Å². The van der Waals surface area contributed by atoms with Gasteiger partial charge in [0.05, 0.1) is 11.6 Å². The van der Waals surface area contributed by atoms with Crippen molar-refractivity contribution in [3.63, 3.8) is 0 Å². The summed E-state index contributed by atoms with van der Waals surface area (Å²) in [4.78, 5) is 19.4. The molecule has 2 aromatic heterocycles. The Labute approximate surface area is 178 Å². The van der Waals surface area contributed by atoms with E-state index in [9.17, 15) is 10.1 Å². The van der Waals surface area contributed by atoms with Gasteiger partial charge < -0.3 is 14.6 Å². The van der Waals surface area contributed by atoms with E-state index in [1.807, 2.05) is 4.90 Å². The fraction of sp³-hybridized carbons (Fsp3) is 0.429. The van der Waals surface area contributed by atoms with E-state index in [4.69, 9.17) is 4.42 Å². The van der Waals surface area contributed by atoms with Gasteiger partial charge in [0.15, 0.2) is 5.82 Å². The van der Waals surface area contributed by atoms with Crippen molar-refractivity contribution in [3.05, 3.63) is 41.9 Å². The maximum absolute atomic E-state index is 13.3. The van der Waals surface area contributed by atoms with Gasteiger partial charge in [0, 0.05) is 37.7 Å². The number of hydrogen-bond acceptors (Lipinski definition) is 7. The number of likely N-dealkylation sites (tertiary alicyclic amines) is 1. The number of carbonyl (C=O) groups is 1. The highest BCUT2D eigenvalue weighted by Crippen LogP contribution is 2.55. The number of hydrogen-bond donors (Lipinski definition) is 1. The fourth-order valence-electron chi connectivity index (χ4n) is 4.98. The number of amides is 2. The van der Waals surface area contributed by atoms with Gasteiger partial charge >= 0.3 is 6.03 Å². The highest BCUT2D eigenvalue weighted by atomic mass is 16.4. The Balaban J connectivity index is 1.44. The van der Waals surface area contributed by atoms with Gasteiger partial charge in [-0.25, -0.2) is 9.78 Å². The second-order valence-corrected chi connectivity index (χ2v) is 8.47. The first kappa shape index (κ1) is 19.2. The number of urea groups is 1. The Kier molecular flexibility index (Phi) is 4.28. The van der Waals surface area contributed by atoms with Crippen LogP contribution in [0.25, 0.3) is 11.4 Å². The summed E-state index contributed by atoms with van der Waals surface area (Å²) < 4.78 is 7.32. The third-order valence-corrected chi connectivity index (χ3v) is 6.13. The molecule has 3 atom stereocenters. The number of nitriles is 1. The van der Waals surface area contributed by atoms with Gasteiger partial charge in [0.1, 0.15) is 11.9 Å². The Hall–Kier alpha value is -3.74. The molecule has 1 aromatic carbocycles. The first-order valence-corrected chi connectivity index (χ1v) is 10.2. The molecule has 2 fully saturated rings. The number of nitrogens with zero attached hydrogens (tertiary/aromatic N) is 7. The van der Waals surface area contributed by atoms with Gasteiger partial charge in [-0.3, -0.25) is 4.68 Å². The van der Waals surface area contributed by atoms with E-state index in [1.165, 1.54) is 0 Å². The molecule has 1 N–H and O–H groups in total. The number of benzene rings is 1. The zero-order chi connectivity index (χ0) is 21.8. The lowest BCUT2D eigenvalue weighted by atomic mass is 9.64. The quantitative estimate of drug-likeness (QED) is 0.693. The third kappa shape index (κ3) is 3.04. The summed E-state index contributed by atoms with van der Waals surface area (Å²) in [6.45, 7) is 3.94. The SMILES string of the molecule is Cc1nnc(C23CC(C[C@@H](C)C2)N3C(=O)Nc2ccc(C#N)c(-c3ncn(C)n3)c2)o1. The lowest BCUT2D eigenvalue weighted by molar-refractivity contribution is -0.110. The molecule has 1 aliphatic heterocycles. The lowest BCUT2D eigenvalue weighted by Crippen LogP contribution is -2.70. The second-order valence-electron chi connectivity index (χ2n) is 8.47. The second kappa shape index (κ2) is 6.91. The predicted molar refractivity (Wildman–Crippen MR) is 110 cm³/mol. The van der Waals surface area contributed by atoms with Gasteiger partial charge in [0.2, 0.25) is 11.8 Å². The van der Waals surface area contributed by atoms with Crippen molar-refractivity contribution in [2.24, 2.45) is 13.0 Å². The van der Waals surface area contributed by atoms with Crippen LogP contribution in [0.5, 0.6) is 0 Å². The number of carbonyl (C=O) groups excluding carboxylic acids is 1.